The molecule has 0 saturated heterocycles. The van der Waals surface area contributed by atoms with Crippen LogP contribution in [0.3, 0.4) is 0 Å². The highest BCUT2D eigenvalue weighted by molar-refractivity contribution is 7.99. The Balaban J connectivity index is 1.57. The van der Waals surface area contributed by atoms with Gasteiger partial charge < -0.3 is 19.4 Å². The highest BCUT2D eigenvalue weighted by Crippen LogP contribution is 2.30. The lowest BCUT2D eigenvalue weighted by Crippen LogP contribution is -2.12. The van der Waals surface area contributed by atoms with E-state index in [0.29, 0.717) is 22.7 Å². The minimum atomic E-state index is -0.229. The maximum Gasteiger partial charge on any atom is 0.255 e. The van der Waals surface area contributed by atoms with Gasteiger partial charge in [0.05, 0.1) is 19.9 Å². The van der Waals surface area contributed by atoms with E-state index in [1.165, 1.54) is 0 Å². The molecule has 0 saturated carbocycles. The molecule has 4 rings (SSSR count). The summed E-state index contributed by atoms with van der Waals surface area (Å²) in [6, 6.07) is 12.8. The standard InChI is InChI=1S/C20H19N3O3S/c1-25-16-9-14(10-17(11-16)26-2)19(24)21-15-5-3-4-13(8-15)18-12-23-6-7-27-20(23)22-18/h3-5,8-12H,6-7H2,1-2H3,(H,21,24). The molecule has 1 N–H and O–H groups in total. The van der Waals surface area contributed by atoms with Crippen molar-refractivity contribution in [2.45, 2.75) is 11.7 Å². The summed E-state index contributed by atoms with van der Waals surface area (Å²) < 4.78 is 12.6. The van der Waals surface area contributed by atoms with Crippen molar-refractivity contribution in [1.82, 2.24) is 9.55 Å². The first-order valence-electron chi connectivity index (χ1n) is 8.51. The summed E-state index contributed by atoms with van der Waals surface area (Å²) in [4.78, 5) is 17.3. The zero-order valence-corrected chi connectivity index (χ0v) is 15.9. The molecule has 6 nitrogen and oxygen atoms in total. The van der Waals surface area contributed by atoms with Gasteiger partial charge in [-0.2, -0.15) is 0 Å². The van der Waals surface area contributed by atoms with Crippen LogP contribution in [0.5, 0.6) is 11.5 Å². The molecule has 1 aromatic heterocycles. The molecule has 27 heavy (non-hydrogen) atoms. The number of hydrogen-bond acceptors (Lipinski definition) is 5. The molecule has 0 radical (unpaired) electrons. The van der Waals surface area contributed by atoms with Crippen LogP contribution >= 0.6 is 11.8 Å². The summed E-state index contributed by atoms with van der Waals surface area (Å²) in [6.07, 6.45) is 2.06. The fourth-order valence-corrected chi connectivity index (χ4v) is 3.89. The molecule has 0 fully saturated rings. The molecule has 0 aliphatic carbocycles. The van der Waals surface area contributed by atoms with Gasteiger partial charge in [-0.25, -0.2) is 4.98 Å². The largest absolute Gasteiger partial charge is 0.497 e. The third-order valence-corrected chi connectivity index (χ3v) is 5.30. The van der Waals surface area contributed by atoms with Gasteiger partial charge in [-0.05, 0) is 24.3 Å². The number of aryl methyl sites for hydroxylation is 1. The number of nitrogens with one attached hydrogen (secondary N) is 1. The van der Waals surface area contributed by atoms with E-state index in [2.05, 4.69) is 21.1 Å². The molecule has 0 atom stereocenters. The number of aromatic nitrogens is 2. The smallest absolute Gasteiger partial charge is 0.255 e. The Morgan fingerprint density at radius 3 is 2.63 bits per heavy atom. The molecular formula is C20H19N3O3S. The Hall–Kier alpha value is -2.93. The number of rotatable bonds is 5. The molecule has 0 bridgehead atoms. The van der Waals surface area contributed by atoms with Gasteiger partial charge in [0.15, 0.2) is 5.16 Å². The normalized spacial score (nSPS) is 12.5. The van der Waals surface area contributed by atoms with Crippen molar-refractivity contribution in [3.8, 4) is 22.8 Å². The highest BCUT2D eigenvalue weighted by Gasteiger charge is 2.16. The Kier molecular flexibility index (Phi) is 4.77. The SMILES string of the molecule is COc1cc(OC)cc(C(=O)Nc2cccc(-c3cn4c(n3)SCC4)c2)c1. The van der Waals surface area contributed by atoms with Crippen LogP contribution in [0.15, 0.2) is 53.8 Å². The Morgan fingerprint density at radius 1 is 1.15 bits per heavy atom. The summed E-state index contributed by atoms with van der Waals surface area (Å²) in [6.45, 7) is 0.987. The number of nitrogens with zero attached hydrogens (tertiary/aromatic N) is 2. The molecule has 1 amide bonds. The van der Waals surface area contributed by atoms with Gasteiger partial charge in [0.1, 0.15) is 11.5 Å². The van der Waals surface area contributed by atoms with E-state index in [-0.39, 0.29) is 5.91 Å². The summed E-state index contributed by atoms with van der Waals surface area (Å²) >= 11 is 1.76. The summed E-state index contributed by atoms with van der Waals surface area (Å²) in [5.74, 6) is 1.98. The first kappa shape index (κ1) is 17.5. The van der Waals surface area contributed by atoms with E-state index in [9.17, 15) is 4.79 Å². The number of carbonyl (C=O) groups excluding carboxylic acids is 1. The van der Waals surface area contributed by atoms with Crippen molar-refractivity contribution in [3.63, 3.8) is 0 Å². The molecular weight excluding hydrogens is 362 g/mol. The minimum absolute atomic E-state index is 0.229. The summed E-state index contributed by atoms with van der Waals surface area (Å²) in [7, 11) is 3.11. The Labute approximate surface area is 161 Å². The molecule has 0 spiro atoms. The number of ether oxygens (including phenoxy) is 2. The third kappa shape index (κ3) is 3.64. The fraction of sp³-hybridized carbons (Fsp3) is 0.200. The first-order chi connectivity index (χ1) is 13.2. The van der Waals surface area contributed by atoms with Crippen molar-refractivity contribution in [3.05, 3.63) is 54.2 Å². The topological polar surface area (TPSA) is 65.4 Å². The molecule has 3 aromatic rings. The van der Waals surface area contributed by atoms with Crippen LogP contribution < -0.4 is 14.8 Å². The van der Waals surface area contributed by atoms with Gasteiger partial charge in [-0.1, -0.05) is 23.9 Å². The average Bonchev–Trinajstić information content (AvgIpc) is 3.30. The lowest BCUT2D eigenvalue weighted by molar-refractivity contribution is 0.102. The minimum Gasteiger partial charge on any atom is -0.497 e. The summed E-state index contributed by atoms with van der Waals surface area (Å²) in [5, 5.41) is 3.97. The zero-order chi connectivity index (χ0) is 18.8. The lowest BCUT2D eigenvalue weighted by Gasteiger charge is -2.10. The van der Waals surface area contributed by atoms with Crippen LogP contribution in [0.4, 0.5) is 5.69 Å². The monoisotopic (exact) mass is 381 g/mol. The number of amides is 1. The second-order valence-electron chi connectivity index (χ2n) is 6.09. The number of benzene rings is 2. The van der Waals surface area contributed by atoms with Gasteiger partial charge in [-0.15, -0.1) is 0 Å². The van der Waals surface area contributed by atoms with Crippen molar-refractivity contribution in [1.29, 1.82) is 0 Å². The van der Waals surface area contributed by atoms with Gasteiger partial charge in [0, 0.05) is 41.4 Å². The number of anilines is 1. The molecule has 2 aromatic carbocycles. The van der Waals surface area contributed by atoms with Crippen molar-refractivity contribution in [2.75, 3.05) is 25.3 Å². The number of carbonyl (C=O) groups is 1. The quantitative estimate of drug-likeness (QED) is 0.726. The number of hydrogen-bond donors (Lipinski definition) is 1. The Bertz CT molecular complexity index is 956. The zero-order valence-electron chi connectivity index (χ0n) is 15.1. The maximum absolute atomic E-state index is 12.7. The third-order valence-electron chi connectivity index (χ3n) is 4.33. The van der Waals surface area contributed by atoms with E-state index in [1.807, 2.05) is 24.3 Å². The number of fused-ring (bicyclic) bond motifs is 1. The van der Waals surface area contributed by atoms with E-state index in [0.717, 1.165) is 28.7 Å². The van der Waals surface area contributed by atoms with Crippen LogP contribution in [0.2, 0.25) is 0 Å². The first-order valence-corrected chi connectivity index (χ1v) is 9.49. The van der Waals surface area contributed by atoms with Gasteiger partial charge >= 0.3 is 0 Å². The van der Waals surface area contributed by atoms with E-state index >= 15 is 0 Å². The maximum atomic E-state index is 12.7. The van der Waals surface area contributed by atoms with E-state index in [1.54, 1.807) is 44.2 Å². The molecule has 1 aliphatic heterocycles. The van der Waals surface area contributed by atoms with E-state index in [4.69, 9.17) is 9.47 Å². The second kappa shape index (κ2) is 7.36. The number of imidazole rings is 1. The van der Waals surface area contributed by atoms with Crippen LogP contribution in [-0.2, 0) is 6.54 Å². The van der Waals surface area contributed by atoms with Gasteiger partial charge in [0.25, 0.3) is 5.91 Å². The summed E-state index contributed by atoms with van der Waals surface area (Å²) in [5.41, 5.74) is 3.06. The molecule has 7 heteroatoms. The second-order valence-corrected chi connectivity index (χ2v) is 7.15. The lowest BCUT2D eigenvalue weighted by atomic mass is 10.1. The van der Waals surface area contributed by atoms with Gasteiger partial charge in [-0.3, -0.25) is 4.79 Å². The van der Waals surface area contributed by atoms with Crippen molar-refractivity contribution in [2.24, 2.45) is 0 Å². The van der Waals surface area contributed by atoms with Crippen LogP contribution in [-0.4, -0.2) is 35.4 Å². The predicted octanol–water partition coefficient (Wildman–Crippen LogP) is 3.93. The predicted molar refractivity (Wildman–Crippen MR) is 106 cm³/mol. The van der Waals surface area contributed by atoms with Crippen molar-refractivity contribution >= 4 is 23.4 Å². The fourth-order valence-electron chi connectivity index (χ4n) is 2.95. The van der Waals surface area contributed by atoms with Crippen molar-refractivity contribution < 1.29 is 14.3 Å². The molecule has 138 valence electrons. The van der Waals surface area contributed by atoms with Gasteiger partial charge in [0.2, 0.25) is 0 Å². The van der Waals surface area contributed by atoms with E-state index < -0.39 is 0 Å². The Morgan fingerprint density at radius 2 is 1.93 bits per heavy atom. The number of methoxy groups -OCH3 is 2. The average molecular weight is 381 g/mol. The van der Waals surface area contributed by atoms with Crippen LogP contribution in [0.25, 0.3) is 11.3 Å². The van der Waals surface area contributed by atoms with Crippen LogP contribution in [0, 0.1) is 0 Å². The number of thioether (sulfide) groups is 1. The molecule has 0 unspecified atom stereocenters. The van der Waals surface area contributed by atoms with Crippen LogP contribution in [0.1, 0.15) is 10.4 Å². The molecule has 1 aliphatic rings. The molecule has 2 heterocycles. The highest BCUT2D eigenvalue weighted by atomic mass is 32.2.